The zero-order valence-electron chi connectivity index (χ0n) is 22.1. The number of hydrogen-bond acceptors (Lipinski definition) is 3. The molecule has 5 rings (SSSR count). The first-order chi connectivity index (χ1) is 16.4. The molecule has 0 aliphatic carbocycles. The summed E-state index contributed by atoms with van der Waals surface area (Å²) in [5, 5.41) is 1.77. The van der Waals surface area contributed by atoms with E-state index >= 15 is 0 Å². The van der Waals surface area contributed by atoms with Gasteiger partial charge in [0.2, 0.25) is 5.71 Å². The van der Waals surface area contributed by atoms with Gasteiger partial charge in [-0.05, 0) is 73.1 Å². The van der Waals surface area contributed by atoms with Crippen molar-refractivity contribution in [2.75, 3.05) is 0 Å². The molecule has 0 N–H and O–H groups in total. The predicted molar refractivity (Wildman–Crippen MR) is 128 cm³/mol. The molecular formula is C28H26N2O. The molecule has 0 bridgehead atoms. The number of benzene rings is 2. The van der Waals surface area contributed by atoms with Gasteiger partial charge in [0.25, 0.3) is 0 Å². The third-order valence-corrected chi connectivity index (χ3v) is 5.82. The lowest BCUT2D eigenvalue weighted by molar-refractivity contribution is 0.655. The van der Waals surface area contributed by atoms with Crippen LogP contribution in [0.25, 0.3) is 44.6 Å². The maximum absolute atomic E-state index is 8.38. The standard InChI is InChI=1S/C28H26N2O/c1-16(2)23-15-29-25(14-19(23)5)22-11-7-10-20-21-12-13-24(30-28(21)31-27(20)22)26-17(3)8-6-9-18(26)4/h6-16H,1-5H3/i5D3,16D. The van der Waals surface area contributed by atoms with Crippen molar-refractivity contribution in [3.05, 3.63) is 83.0 Å². The average molecular weight is 411 g/mol. The van der Waals surface area contributed by atoms with Crippen molar-refractivity contribution in [3.63, 3.8) is 0 Å². The Labute approximate surface area is 188 Å². The van der Waals surface area contributed by atoms with E-state index in [1.807, 2.05) is 36.4 Å². The SMILES string of the molecule is [2H]C([2H])([2H])c1cc(-c2cccc3c2oc2nc(-c4c(C)cccc4C)ccc23)ncc1C([2H])(C)C. The van der Waals surface area contributed by atoms with Gasteiger partial charge in [0.15, 0.2) is 0 Å². The van der Waals surface area contributed by atoms with Gasteiger partial charge in [-0.3, -0.25) is 4.98 Å². The van der Waals surface area contributed by atoms with E-state index in [2.05, 4.69) is 31.0 Å². The number of nitrogens with zero attached hydrogens (tertiary/aromatic N) is 2. The van der Waals surface area contributed by atoms with Crippen molar-refractivity contribution in [2.24, 2.45) is 0 Å². The Morgan fingerprint density at radius 3 is 2.42 bits per heavy atom. The molecule has 2 aromatic carbocycles. The Balaban J connectivity index is 1.72. The Kier molecular flexibility index (Phi) is 3.64. The quantitative estimate of drug-likeness (QED) is 0.305. The van der Waals surface area contributed by atoms with E-state index in [1.54, 1.807) is 19.9 Å². The fourth-order valence-corrected chi connectivity index (χ4v) is 4.24. The zero-order chi connectivity index (χ0) is 25.1. The molecular weight excluding hydrogens is 380 g/mol. The van der Waals surface area contributed by atoms with Crippen LogP contribution in [0.15, 0.2) is 65.2 Å². The lowest BCUT2D eigenvalue weighted by Crippen LogP contribution is -1.95. The smallest absolute Gasteiger partial charge is 0.227 e. The maximum atomic E-state index is 8.38. The van der Waals surface area contributed by atoms with Crippen LogP contribution in [0, 0.1) is 20.7 Å². The van der Waals surface area contributed by atoms with Crippen LogP contribution in [-0.4, -0.2) is 9.97 Å². The molecule has 0 amide bonds. The summed E-state index contributed by atoms with van der Waals surface area (Å²) in [6.45, 7) is 5.10. The molecule has 3 aromatic heterocycles. The van der Waals surface area contributed by atoms with E-state index in [1.165, 1.54) is 6.20 Å². The number of aromatic nitrogens is 2. The Hall–Kier alpha value is -3.46. The molecule has 31 heavy (non-hydrogen) atoms. The summed E-state index contributed by atoms with van der Waals surface area (Å²) in [4.78, 5) is 9.39. The Morgan fingerprint density at radius 2 is 1.68 bits per heavy atom. The van der Waals surface area contributed by atoms with Gasteiger partial charge in [-0.25, -0.2) is 4.98 Å². The van der Waals surface area contributed by atoms with E-state index in [0.29, 0.717) is 28.1 Å². The van der Waals surface area contributed by atoms with Crippen LogP contribution in [0.2, 0.25) is 0 Å². The summed E-state index contributed by atoms with van der Waals surface area (Å²) in [7, 11) is 0. The molecule has 0 unspecified atom stereocenters. The van der Waals surface area contributed by atoms with Crippen LogP contribution in [-0.2, 0) is 0 Å². The second kappa shape index (κ2) is 7.35. The van der Waals surface area contributed by atoms with Crippen molar-refractivity contribution < 1.29 is 9.90 Å². The van der Waals surface area contributed by atoms with Crippen molar-refractivity contribution in [3.8, 4) is 22.5 Å². The highest BCUT2D eigenvalue weighted by atomic mass is 16.3. The fourth-order valence-electron chi connectivity index (χ4n) is 4.24. The normalized spacial score (nSPS) is 14.3. The minimum atomic E-state index is -2.37. The molecule has 5 aromatic rings. The molecule has 0 radical (unpaired) electrons. The fraction of sp³-hybridized carbons (Fsp3) is 0.214. The number of pyridine rings is 2. The summed E-state index contributed by atoms with van der Waals surface area (Å²) in [5.41, 5.74) is 7.05. The molecule has 0 saturated heterocycles. The van der Waals surface area contributed by atoms with Gasteiger partial charge in [-0.15, -0.1) is 0 Å². The summed E-state index contributed by atoms with van der Waals surface area (Å²) in [5.74, 6) is -1.09. The van der Waals surface area contributed by atoms with Gasteiger partial charge in [0, 0.05) is 33.6 Å². The molecule has 0 aliphatic heterocycles. The monoisotopic (exact) mass is 410 g/mol. The maximum Gasteiger partial charge on any atom is 0.227 e. The van der Waals surface area contributed by atoms with Gasteiger partial charge < -0.3 is 4.42 Å². The summed E-state index contributed by atoms with van der Waals surface area (Å²) in [6.07, 6.45) is 1.50. The predicted octanol–water partition coefficient (Wildman–Crippen LogP) is 7.76. The van der Waals surface area contributed by atoms with E-state index in [0.717, 1.165) is 33.2 Å². The highest BCUT2D eigenvalue weighted by molar-refractivity contribution is 6.08. The van der Waals surface area contributed by atoms with E-state index in [-0.39, 0.29) is 5.56 Å². The lowest BCUT2D eigenvalue weighted by Gasteiger charge is -2.11. The first kappa shape index (κ1) is 15.4. The summed E-state index contributed by atoms with van der Waals surface area (Å²) < 4.78 is 38.7. The first-order valence-electron chi connectivity index (χ1n) is 12.4. The number of hydrogen-bond donors (Lipinski definition) is 0. The van der Waals surface area contributed by atoms with Crippen LogP contribution in [0.5, 0.6) is 0 Å². The first-order valence-corrected chi connectivity index (χ1v) is 10.4. The highest BCUT2D eigenvalue weighted by Gasteiger charge is 2.16. The van der Waals surface area contributed by atoms with Gasteiger partial charge in [-0.2, -0.15) is 0 Å². The molecule has 0 atom stereocenters. The van der Waals surface area contributed by atoms with E-state index < -0.39 is 12.7 Å². The topological polar surface area (TPSA) is 38.9 Å². The molecule has 0 saturated carbocycles. The molecule has 3 heterocycles. The highest BCUT2D eigenvalue weighted by Crippen LogP contribution is 2.37. The molecule has 0 spiro atoms. The minimum absolute atomic E-state index is 0.131. The average Bonchev–Trinajstić information content (AvgIpc) is 3.15. The third-order valence-electron chi connectivity index (χ3n) is 5.82. The van der Waals surface area contributed by atoms with Crippen LogP contribution in [0.3, 0.4) is 0 Å². The lowest BCUT2D eigenvalue weighted by atomic mass is 9.98. The van der Waals surface area contributed by atoms with Crippen molar-refractivity contribution in [2.45, 2.75) is 40.4 Å². The molecule has 0 aliphatic rings. The molecule has 154 valence electrons. The third kappa shape index (κ3) is 3.21. The number of furan rings is 1. The Bertz CT molecular complexity index is 1570. The largest absolute Gasteiger partial charge is 0.437 e. The molecule has 3 nitrogen and oxygen atoms in total. The van der Waals surface area contributed by atoms with Crippen molar-refractivity contribution in [1.82, 2.24) is 9.97 Å². The van der Waals surface area contributed by atoms with Gasteiger partial charge in [-0.1, -0.05) is 44.2 Å². The van der Waals surface area contributed by atoms with Crippen molar-refractivity contribution >= 4 is 22.1 Å². The number of fused-ring (bicyclic) bond motifs is 3. The second-order valence-electron chi connectivity index (χ2n) is 8.22. The van der Waals surface area contributed by atoms with Crippen LogP contribution >= 0.6 is 0 Å². The summed E-state index contributed by atoms with van der Waals surface area (Å²) in [6, 6.07) is 17.5. The van der Waals surface area contributed by atoms with Gasteiger partial charge >= 0.3 is 0 Å². The number of rotatable bonds is 3. The van der Waals surface area contributed by atoms with E-state index in [4.69, 9.17) is 14.9 Å². The van der Waals surface area contributed by atoms with Crippen molar-refractivity contribution in [1.29, 1.82) is 0 Å². The zero-order valence-corrected chi connectivity index (χ0v) is 18.1. The van der Waals surface area contributed by atoms with Crippen LogP contribution < -0.4 is 0 Å². The van der Waals surface area contributed by atoms with Gasteiger partial charge in [0.05, 0.1) is 11.4 Å². The van der Waals surface area contributed by atoms with Gasteiger partial charge in [0.1, 0.15) is 5.58 Å². The minimum Gasteiger partial charge on any atom is -0.437 e. The van der Waals surface area contributed by atoms with Crippen LogP contribution in [0.1, 0.15) is 47.5 Å². The summed E-state index contributed by atoms with van der Waals surface area (Å²) >= 11 is 0. The number of para-hydroxylation sites is 1. The number of aryl methyl sites for hydroxylation is 3. The second-order valence-corrected chi connectivity index (χ2v) is 8.22. The molecule has 3 heteroatoms. The molecule has 0 fully saturated rings. The Morgan fingerprint density at radius 1 is 0.903 bits per heavy atom. The van der Waals surface area contributed by atoms with Crippen LogP contribution in [0.4, 0.5) is 0 Å². The van der Waals surface area contributed by atoms with E-state index in [9.17, 15) is 0 Å².